The molecule has 1 aliphatic carbocycles. The van der Waals surface area contributed by atoms with Gasteiger partial charge >= 0.3 is 6.03 Å². The first kappa shape index (κ1) is 17.1. The second kappa shape index (κ2) is 6.75. The number of hydrogen-bond donors (Lipinski definition) is 3. The number of amides is 3. The van der Waals surface area contributed by atoms with Gasteiger partial charge in [-0.25, -0.2) is 9.18 Å². The molecule has 1 saturated carbocycles. The molecule has 0 bridgehead atoms. The lowest BCUT2D eigenvalue weighted by atomic mass is 9.82. The number of anilines is 2. The molecule has 0 radical (unpaired) electrons. The number of rotatable bonds is 2. The molecule has 140 valence electrons. The zero-order chi connectivity index (χ0) is 18.1. The highest BCUT2D eigenvalue weighted by Gasteiger charge is 2.41. The van der Waals surface area contributed by atoms with Crippen LogP contribution in [0.2, 0.25) is 0 Å². The summed E-state index contributed by atoms with van der Waals surface area (Å²) in [5.41, 5.74) is 0.369. The van der Waals surface area contributed by atoms with E-state index in [1.807, 2.05) is 0 Å². The zero-order valence-electron chi connectivity index (χ0n) is 14.4. The number of nitrogens with one attached hydrogen (secondary N) is 3. The fourth-order valence-corrected chi connectivity index (χ4v) is 4.06. The van der Waals surface area contributed by atoms with Gasteiger partial charge < -0.3 is 25.4 Å². The number of fused-ring (bicyclic) bond motifs is 1. The van der Waals surface area contributed by atoms with Crippen molar-refractivity contribution in [3.05, 3.63) is 17.9 Å². The monoisotopic (exact) mass is 363 g/mol. The first-order chi connectivity index (χ1) is 12.5. The lowest BCUT2D eigenvalue weighted by Gasteiger charge is -2.32. The van der Waals surface area contributed by atoms with E-state index < -0.39 is 11.8 Å². The summed E-state index contributed by atoms with van der Waals surface area (Å²) in [6.07, 6.45) is 6.48. The Morgan fingerprint density at radius 3 is 2.88 bits per heavy atom. The van der Waals surface area contributed by atoms with Crippen LogP contribution in [0.3, 0.4) is 0 Å². The summed E-state index contributed by atoms with van der Waals surface area (Å²) in [5, 5.41) is 8.04. The third-order valence-electron chi connectivity index (χ3n) is 5.23. The molecule has 2 aliphatic heterocycles. The highest BCUT2D eigenvalue weighted by atomic mass is 19.1. The van der Waals surface area contributed by atoms with Crippen LogP contribution in [-0.4, -0.2) is 36.8 Å². The van der Waals surface area contributed by atoms with Gasteiger partial charge in [-0.1, -0.05) is 19.3 Å². The van der Waals surface area contributed by atoms with E-state index in [9.17, 15) is 14.0 Å². The smallest absolute Gasteiger partial charge is 0.319 e. The van der Waals surface area contributed by atoms with Crippen LogP contribution in [0.5, 0.6) is 5.75 Å². The number of ether oxygens (including phenoxy) is 2. The average molecular weight is 363 g/mol. The van der Waals surface area contributed by atoms with Crippen molar-refractivity contribution in [1.29, 1.82) is 0 Å². The van der Waals surface area contributed by atoms with Gasteiger partial charge in [0.1, 0.15) is 0 Å². The molecule has 1 spiro atoms. The van der Waals surface area contributed by atoms with Gasteiger partial charge in [-0.3, -0.25) is 4.79 Å². The van der Waals surface area contributed by atoms with Crippen molar-refractivity contribution in [2.45, 2.75) is 50.2 Å². The minimum atomic E-state index is -0.636. The average Bonchev–Trinajstić information content (AvgIpc) is 2.96. The van der Waals surface area contributed by atoms with E-state index in [-0.39, 0.29) is 41.3 Å². The fraction of sp³-hybridized carbons (Fsp3) is 0.556. The molecule has 3 amide bonds. The lowest BCUT2D eigenvalue weighted by Crippen LogP contribution is -2.39. The molecule has 0 unspecified atom stereocenters. The van der Waals surface area contributed by atoms with Crippen LogP contribution < -0.4 is 20.7 Å². The van der Waals surface area contributed by atoms with Crippen LogP contribution in [0.1, 0.15) is 38.5 Å². The molecule has 2 heterocycles. The quantitative estimate of drug-likeness (QED) is 0.754. The highest BCUT2D eigenvalue weighted by Crippen LogP contribution is 2.39. The Kier molecular flexibility index (Phi) is 4.44. The van der Waals surface area contributed by atoms with Crippen molar-refractivity contribution < 1.29 is 23.5 Å². The van der Waals surface area contributed by atoms with Crippen LogP contribution in [-0.2, 0) is 9.53 Å². The van der Waals surface area contributed by atoms with Crippen molar-refractivity contribution >= 4 is 23.3 Å². The van der Waals surface area contributed by atoms with Crippen molar-refractivity contribution in [1.82, 2.24) is 5.32 Å². The van der Waals surface area contributed by atoms with Gasteiger partial charge in [0.15, 0.2) is 18.2 Å². The summed E-state index contributed by atoms with van der Waals surface area (Å²) in [4.78, 5) is 23.6. The second-order valence-corrected chi connectivity index (χ2v) is 7.23. The summed E-state index contributed by atoms with van der Waals surface area (Å²) in [6, 6.07) is 2.17. The number of carbonyl (C=O) groups excluding carboxylic acids is 2. The number of benzene rings is 1. The Morgan fingerprint density at radius 2 is 2.08 bits per heavy atom. The van der Waals surface area contributed by atoms with Crippen molar-refractivity contribution in [3.63, 3.8) is 0 Å². The van der Waals surface area contributed by atoms with Crippen molar-refractivity contribution in [2.75, 3.05) is 23.8 Å². The molecule has 0 aromatic heterocycles. The number of halogens is 1. The Labute approximate surface area is 150 Å². The molecule has 2 fully saturated rings. The van der Waals surface area contributed by atoms with Crippen molar-refractivity contribution in [3.8, 4) is 5.75 Å². The SMILES string of the molecule is O=C1COc2c(F)cc(NC(=O)N[C@H]3COC4(CCCCC4)C3)cc2N1. The maximum Gasteiger partial charge on any atom is 0.319 e. The van der Waals surface area contributed by atoms with Gasteiger partial charge in [0.2, 0.25) is 0 Å². The molecule has 1 saturated heterocycles. The van der Waals surface area contributed by atoms with Crippen LogP contribution in [0.15, 0.2) is 12.1 Å². The van der Waals surface area contributed by atoms with Gasteiger partial charge in [-0.15, -0.1) is 0 Å². The standard InChI is InChI=1S/C18H22FN3O4/c19-13-6-11(7-14-16(13)25-10-15(23)22-14)20-17(24)21-12-8-18(26-9-12)4-2-1-3-5-18/h6-7,12H,1-5,8-10H2,(H,22,23)(H2,20,21,24)/t12-/m1/s1. The van der Waals surface area contributed by atoms with E-state index in [4.69, 9.17) is 9.47 Å². The first-order valence-electron chi connectivity index (χ1n) is 9.01. The highest BCUT2D eigenvalue weighted by molar-refractivity contribution is 5.97. The van der Waals surface area contributed by atoms with Crippen LogP contribution in [0.25, 0.3) is 0 Å². The summed E-state index contributed by atoms with van der Waals surface area (Å²) in [7, 11) is 0. The Morgan fingerprint density at radius 1 is 1.27 bits per heavy atom. The molecule has 1 atom stereocenters. The molecule has 7 nitrogen and oxygen atoms in total. The Balaban J connectivity index is 1.37. The Bertz CT molecular complexity index is 733. The molecular weight excluding hydrogens is 341 g/mol. The van der Waals surface area contributed by atoms with Gasteiger partial charge in [0.05, 0.1) is 23.9 Å². The van der Waals surface area contributed by atoms with E-state index >= 15 is 0 Å². The molecule has 3 N–H and O–H groups in total. The lowest BCUT2D eigenvalue weighted by molar-refractivity contribution is -0.118. The number of hydrogen-bond acceptors (Lipinski definition) is 4. The topological polar surface area (TPSA) is 88.7 Å². The molecule has 3 aliphatic rings. The molecule has 8 heteroatoms. The largest absolute Gasteiger partial charge is 0.478 e. The van der Waals surface area contributed by atoms with Crippen LogP contribution in [0, 0.1) is 5.82 Å². The predicted octanol–water partition coefficient (Wildman–Crippen LogP) is 2.77. The minimum Gasteiger partial charge on any atom is -0.478 e. The molecule has 26 heavy (non-hydrogen) atoms. The first-order valence-corrected chi connectivity index (χ1v) is 9.01. The molecule has 1 aromatic carbocycles. The minimum absolute atomic E-state index is 0.0148. The molecule has 1 aromatic rings. The van der Waals surface area contributed by atoms with E-state index in [0.29, 0.717) is 6.61 Å². The Hall–Kier alpha value is -2.35. The third kappa shape index (κ3) is 3.46. The van der Waals surface area contributed by atoms with Crippen molar-refractivity contribution in [2.24, 2.45) is 0 Å². The van der Waals surface area contributed by atoms with Gasteiger partial charge in [0, 0.05) is 11.8 Å². The maximum atomic E-state index is 14.1. The zero-order valence-corrected chi connectivity index (χ0v) is 14.4. The summed E-state index contributed by atoms with van der Waals surface area (Å²) >= 11 is 0. The van der Waals surface area contributed by atoms with E-state index in [2.05, 4.69) is 16.0 Å². The molecule has 4 rings (SSSR count). The van der Waals surface area contributed by atoms with Gasteiger partial charge in [-0.2, -0.15) is 0 Å². The van der Waals surface area contributed by atoms with E-state index in [1.54, 1.807) is 0 Å². The summed E-state index contributed by atoms with van der Waals surface area (Å²) in [6.45, 7) is 0.274. The van der Waals surface area contributed by atoms with E-state index in [0.717, 1.165) is 19.3 Å². The normalized spacial score (nSPS) is 23.7. The number of carbonyl (C=O) groups is 2. The van der Waals surface area contributed by atoms with Crippen LogP contribution >= 0.6 is 0 Å². The number of urea groups is 1. The summed E-state index contributed by atoms with van der Waals surface area (Å²) in [5.74, 6) is -1.01. The fourth-order valence-electron chi connectivity index (χ4n) is 4.06. The summed E-state index contributed by atoms with van der Waals surface area (Å²) < 4.78 is 25.1. The maximum absolute atomic E-state index is 14.1. The molecular formula is C18H22FN3O4. The third-order valence-corrected chi connectivity index (χ3v) is 5.23. The van der Waals surface area contributed by atoms with E-state index in [1.165, 1.54) is 31.4 Å². The van der Waals surface area contributed by atoms with Gasteiger partial charge in [0.25, 0.3) is 5.91 Å². The van der Waals surface area contributed by atoms with Crippen LogP contribution in [0.4, 0.5) is 20.6 Å². The van der Waals surface area contributed by atoms with Gasteiger partial charge in [-0.05, 0) is 25.3 Å². The predicted molar refractivity (Wildman–Crippen MR) is 92.9 cm³/mol. The second-order valence-electron chi connectivity index (χ2n) is 7.23.